The highest BCUT2D eigenvalue weighted by atomic mass is 16.5. The minimum absolute atomic E-state index is 0.0663. The fourth-order valence-corrected chi connectivity index (χ4v) is 3.12. The molecule has 1 aliphatic rings. The van der Waals surface area contributed by atoms with E-state index in [2.05, 4.69) is 17.5 Å². The number of ether oxygens (including phenoxy) is 1. The minimum atomic E-state index is -0.418. The summed E-state index contributed by atoms with van der Waals surface area (Å²) in [5.41, 5.74) is 5.48. The van der Waals surface area contributed by atoms with Crippen molar-refractivity contribution in [3.63, 3.8) is 0 Å². The predicted octanol–water partition coefficient (Wildman–Crippen LogP) is 3.15. The molecule has 1 saturated heterocycles. The van der Waals surface area contributed by atoms with Crippen LogP contribution in [-0.2, 0) is 16.0 Å². The van der Waals surface area contributed by atoms with Crippen molar-refractivity contribution in [3.8, 4) is 5.75 Å². The summed E-state index contributed by atoms with van der Waals surface area (Å²) >= 11 is 0. The minimum Gasteiger partial charge on any atom is -0.494 e. The Kier molecular flexibility index (Phi) is 6.42. The van der Waals surface area contributed by atoms with Crippen LogP contribution < -0.4 is 15.1 Å². The summed E-state index contributed by atoms with van der Waals surface area (Å²) < 4.78 is 5.42. The molecule has 0 bridgehead atoms. The molecule has 1 N–H and O–H groups in total. The third kappa shape index (κ3) is 4.76. The van der Waals surface area contributed by atoms with Crippen LogP contribution >= 0.6 is 0 Å². The van der Waals surface area contributed by atoms with Crippen LogP contribution in [0.1, 0.15) is 31.4 Å². The predicted molar refractivity (Wildman–Crippen MR) is 110 cm³/mol. The molecule has 2 amide bonds. The van der Waals surface area contributed by atoms with E-state index < -0.39 is 5.92 Å². The largest absolute Gasteiger partial charge is 0.494 e. The summed E-state index contributed by atoms with van der Waals surface area (Å²) in [6.07, 6.45) is 2.77. The average molecular weight is 379 g/mol. The van der Waals surface area contributed by atoms with Gasteiger partial charge in [-0.25, -0.2) is 5.43 Å². The molecule has 6 nitrogen and oxygen atoms in total. The summed E-state index contributed by atoms with van der Waals surface area (Å²) in [4.78, 5) is 26.3. The van der Waals surface area contributed by atoms with Gasteiger partial charge in [-0.1, -0.05) is 31.2 Å². The van der Waals surface area contributed by atoms with Gasteiger partial charge in [-0.05, 0) is 48.7 Å². The van der Waals surface area contributed by atoms with Crippen LogP contribution in [0.25, 0.3) is 0 Å². The van der Waals surface area contributed by atoms with Crippen molar-refractivity contribution in [2.75, 3.05) is 18.1 Å². The van der Waals surface area contributed by atoms with Gasteiger partial charge in [0.15, 0.2) is 0 Å². The number of benzene rings is 2. The number of aryl methyl sites for hydroxylation is 1. The van der Waals surface area contributed by atoms with E-state index >= 15 is 0 Å². The number of nitrogens with one attached hydrogen (secondary N) is 1. The first-order valence-electron chi connectivity index (χ1n) is 9.55. The van der Waals surface area contributed by atoms with Crippen molar-refractivity contribution >= 4 is 23.7 Å². The van der Waals surface area contributed by atoms with Crippen molar-refractivity contribution in [1.29, 1.82) is 0 Å². The van der Waals surface area contributed by atoms with Gasteiger partial charge in [0.05, 0.1) is 18.7 Å². The fraction of sp³-hybridized carbons (Fsp3) is 0.318. The number of hydrogen-bond donors (Lipinski definition) is 1. The van der Waals surface area contributed by atoms with Crippen LogP contribution in [0.15, 0.2) is 53.6 Å². The SMILES string of the molecule is CCOc1ccc(N2C[C@H](C(=O)N/N=C\c3ccc(CC)cc3)CC2=O)cc1. The number of amides is 2. The Morgan fingerprint density at radius 3 is 2.54 bits per heavy atom. The fourth-order valence-electron chi connectivity index (χ4n) is 3.12. The van der Waals surface area contributed by atoms with Crippen molar-refractivity contribution in [2.24, 2.45) is 11.0 Å². The van der Waals surface area contributed by atoms with Crippen LogP contribution in [0.3, 0.4) is 0 Å². The number of hydrogen-bond acceptors (Lipinski definition) is 4. The van der Waals surface area contributed by atoms with Crippen LogP contribution in [0, 0.1) is 5.92 Å². The average Bonchev–Trinajstić information content (AvgIpc) is 3.11. The Balaban J connectivity index is 1.56. The number of rotatable bonds is 7. The van der Waals surface area contributed by atoms with Crippen molar-refractivity contribution in [3.05, 3.63) is 59.7 Å². The van der Waals surface area contributed by atoms with E-state index in [1.165, 1.54) is 5.56 Å². The summed E-state index contributed by atoms with van der Waals surface area (Å²) in [6, 6.07) is 15.3. The monoisotopic (exact) mass is 379 g/mol. The van der Waals surface area contributed by atoms with Gasteiger partial charge in [-0.3, -0.25) is 9.59 Å². The van der Waals surface area contributed by atoms with E-state index in [1.807, 2.05) is 55.5 Å². The molecule has 0 spiro atoms. The van der Waals surface area contributed by atoms with Gasteiger partial charge in [0.2, 0.25) is 11.8 Å². The second-order valence-electron chi connectivity index (χ2n) is 6.66. The molecule has 1 atom stereocenters. The quantitative estimate of drug-likeness (QED) is 0.593. The molecule has 1 aliphatic heterocycles. The molecule has 0 saturated carbocycles. The number of carbonyl (C=O) groups is 2. The normalized spacial score (nSPS) is 16.6. The number of anilines is 1. The summed E-state index contributed by atoms with van der Waals surface area (Å²) in [5, 5.41) is 4.03. The third-order valence-corrected chi connectivity index (χ3v) is 4.73. The smallest absolute Gasteiger partial charge is 0.245 e. The van der Waals surface area contributed by atoms with Crippen LogP contribution in [0.2, 0.25) is 0 Å². The lowest BCUT2D eigenvalue weighted by Gasteiger charge is -2.17. The standard InChI is InChI=1S/C22H25N3O3/c1-3-16-5-7-17(8-6-16)14-23-24-22(27)18-13-21(26)25(15-18)19-9-11-20(12-10-19)28-4-2/h5-12,14,18H,3-4,13,15H2,1-2H3,(H,24,27)/b23-14-/t18-/m1/s1. The summed E-state index contributed by atoms with van der Waals surface area (Å²) in [5.74, 6) is 0.0267. The van der Waals surface area contributed by atoms with E-state index in [-0.39, 0.29) is 18.2 Å². The second kappa shape index (κ2) is 9.17. The number of hydrazone groups is 1. The van der Waals surface area contributed by atoms with Crippen LogP contribution in [0.5, 0.6) is 5.75 Å². The molecule has 0 radical (unpaired) electrons. The van der Waals surface area contributed by atoms with Gasteiger partial charge < -0.3 is 9.64 Å². The maximum Gasteiger partial charge on any atom is 0.245 e. The molecule has 146 valence electrons. The zero-order valence-corrected chi connectivity index (χ0v) is 16.2. The Morgan fingerprint density at radius 1 is 1.18 bits per heavy atom. The Morgan fingerprint density at radius 2 is 1.89 bits per heavy atom. The molecule has 0 aliphatic carbocycles. The lowest BCUT2D eigenvalue weighted by Crippen LogP contribution is -2.30. The topological polar surface area (TPSA) is 71.0 Å². The first-order chi connectivity index (χ1) is 13.6. The van der Waals surface area contributed by atoms with Gasteiger partial charge in [0.25, 0.3) is 0 Å². The molecular weight excluding hydrogens is 354 g/mol. The van der Waals surface area contributed by atoms with Gasteiger partial charge >= 0.3 is 0 Å². The Labute approximate surface area is 165 Å². The summed E-state index contributed by atoms with van der Waals surface area (Å²) in [6.45, 7) is 4.96. The van der Waals surface area contributed by atoms with E-state index in [1.54, 1.807) is 11.1 Å². The van der Waals surface area contributed by atoms with E-state index in [4.69, 9.17) is 4.74 Å². The van der Waals surface area contributed by atoms with Gasteiger partial charge in [-0.15, -0.1) is 0 Å². The molecule has 3 rings (SSSR count). The molecule has 0 aromatic heterocycles. The lowest BCUT2D eigenvalue weighted by molar-refractivity contribution is -0.126. The zero-order valence-electron chi connectivity index (χ0n) is 16.2. The maximum absolute atomic E-state index is 12.4. The highest BCUT2D eigenvalue weighted by molar-refractivity contribution is 6.00. The Bertz CT molecular complexity index is 844. The molecule has 0 unspecified atom stereocenters. The van der Waals surface area contributed by atoms with E-state index in [0.717, 1.165) is 23.4 Å². The van der Waals surface area contributed by atoms with Crippen molar-refractivity contribution in [2.45, 2.75) is 26.7 Å². The van der Waals surface area contributed by atoms with Gasteiger partial charge in [-0.2, -0.15) is 5.10 Å². The highest BCUT2D eigenvalue weighted by Crippen LogP contribution is 2.27. The molecule has 2 aromatic carbocycles. The molecule has 2 aromatic rings. The van der Waals surface area contributed by atoms with Crippen molar-refractivity contribution < 1.29 is 14.3 Å². The molecule has 1 fully saturated rings. The molecular formula is C22H25N3O3. The highest BCUT2D eigenvalue weighted by Gasteiger charge is 2.35. The zero-order chi connectivity index (χ0) is 19.9. The molecule has 28 heavy (non-hydrogen) atoms. The summed E-state index contributed by atoms with van der Waals surface area (Å²) in [7, 11) is 0. The Hall–Kier alpha value is -3.15. The molecule has 6 heteroatoms. The van der Waals surface area contributed by atoms with Crippen molar-refractivity contribution in [1.82, 2.24) is 5.43 Å². The van der Waals surface area contributed by atoms with Gasteiger partial charge in [0, 0.05) is 18.7 Å². The lowest BCUT2D eigenvalue weighted by atomic mass is 10.1. The van der Waals surface area contributed by atoms with Gasteiger partial charge in [0.1, 0.15) is 5.75 Å². The molecule has 1 heterocycles. The number of carbonyl (C=O) groups excluding carboxylic acids is 2. The van der Waals surface area contributed by atoms with E-state index in [0.29, 0.717) is 13.2 Å². The van der Waals surface area contributed by atoms with Crippen LogP contribution in [-0.4, -0.2) is 31.2 Å². The van der Waals surface area contributed by atoms with Crippen LogP contribution in [0.4, 0.5) is 5.69 Å². The second-order valence-corrected chi connectivity index (χ2v) is 6.66. The first kappa shape index (κ1) is 19.6. The van der Waals surface area contributed by atoms with E-state index in [9.17, 15) is 9.59 Å². The number of nitrogens with zero attached hydrogens (tertiary/aromatic N) is 2. The maximum atomic E-state index is 12.4. The first-order valence-corrected chi connectivity index (χ1v) is 9.55. The third-order valence-electron chi connectivity index (χ3n) is 4.73.